The fourth-order valence-corrected chi connectivity index (χ4v) is 0.878. The first-order valence-electron chi connectivity index (χ1n) is 3.25. The van der Waals surface area contributed by atoms with E-state index >= 15 is 0 Å². The fraction of sp³-hybridized carbons (Fsp3) is 0.100. The van der Waals surface area contributed by atoms with E-state index in [1.54, 1.807) is 0 Å². The first-order valence-corrected chi connectivity index (χ1v) is 3.25. The Balaban J connectivity index is 3.06. The Morgan fingerprint density at radius 2 is 2.30 bits per heavy atom. The van der Waals surface area contributed by atoms with Gasteiger partial charge in [0.2, 0.25) is 0 Å². The van der Waals surface area contributed by atoms with Gasteiger partial charge in [-0.1, -0.05) is 36.4 Å². The van der Waals surface area contributed by atoms with Crippen molar-refractivity contribution in [2.75, 3.05) is 0 Å². The van der Waals surface area contributed by atoms with Gasteiger partial charge in [0, 0.05) is 0 Å². The second kappa shape index (κ2) is 3.05. The van der Waals surface area contributed by atoms with E-state index in [4.69, 9.17) is 0 Å². The molecule has 0 aliphatic heterocycles. The molecular weight excluding hydrogens is 120 g/mol. The Morgan fingerprint density at radius 3 is 2.90 bits per heavy atom. The largest absolute Gasteiger partial charge is 0.128 e. The van der Waals surface area contributed by atoms with Crippen LogP contribution in [0.5, 0.6) is 0 Å². The minimum Gasteiger partial charge on any atom is -0.128 e. The van der Waals surface area contributed by atoms with Gasteiger partial charge < -0.3 is 0 Å². The lowest BCUT2D eigenvalue weighted by Gasteiger charge is -1.92. The Bertz CT molecular complexity index is 265. The van der Waals surface area contributed by atoms with Gasteiger partial charge in [-0.05, 0) is 18.6 Å². The molecule has 0 amide bonds. The van der Waals surface area contributed by atoms with Crippen LogP contribution in [0.3, 0.4) is 0 Å². The molecule has 1 aromatic carbocycles. The summed E-state index contributed by atoms with van der Waals surface area (Å²) in [4.78, 5) is 0. The van der Waals surface area contributed by atoms with Gasteiger partial charge in [-0.15, -0.1) is 5.73 Å². The first-order chi connectivity index (χ1) is 4.83. The molecule has 0 saturated carbocycles. The molecule has 1 aromatic rings. The zero-order valence-corrected chi connectivity index (χ0v) is 6.09. The van der Waals surface area contributed by atoms with Gasteiger partial charge in [0.15, 0.2) is 0 Å². The van der Waals surface area contributed by atoms with Gasteiger partial charge in [-0.2, -0.15) is 0 Å². The predicted molar refractivity (Wildman–Crippen MR) is 44.8 cm³/mol. The quantitative estimate of drug-likeness (QED) is 0.513. The molecule has 0 nitrogen and oxygen atoms in total. The Labute approximate surface area is 61.5 Å². The zero-order valence-electron chi connectivity index (χ0n) is 6.09. The molecule has 0 bridgehead atoms. The molecule has 0 aliphatic carbocycles. The molecule has 0 heteroatoms. The minimum absolute atomic E-state index is 1.16. The highest BCUT2D eigenvalue weighted by Crippen LogP contribution is 2.04. The van der Waals surface area contributed by atoms with Crippen LogP contribution < -0.4 is 0 Å². The normalized spacial score (nSPS) is 8.50. The van der Waals surface area contributed by atoms with Crippen LogP contribution in [-0.4, -0.2) is 0 Å². The Hall–Kier alpha value is -1.26. The molecular formula is C10H10. The van der Waals surface area contributed by atoms with Crippen molar-refractivity contribution >= 4 is 6.08 Å². The lowest BCUT2D eigenvalue weighted by Crippen LogP contribution is -1.72. The van der Waals surface area contributed by atoms with E-state index in [0.29, 0.717) is 0 Å². The van der Waals surface area contributed by atoms with E-state index in [2.05, 4.69) is 31.4 Å². The lowest BCUT2D eigenvalue weighted by molar-refractivity contribution is 1.46. The second-order valence-corrected chi connectivity index (χ2v) is 2.26. The van der Waals surface area contributed by atoms with E-state index in [1.165, 1.54) is 5.56 Å². The third kappa shape index (κ3) is 1.61. The topological polar surface area (TPSA) is 0 Å². The van der Waals surface area contributed by atoms with Crippen molar-refractivity contribution in [3.05, 3.63) is 47.7 Å². The number of hydrogen-bond acceptors (Lipinski definition) is 0. The summed E-state index contributed by atoms with van der Waals surface area (Å²) in [6, 6.07) is 8.22. The van der Waals surface area contributed by atoms with Crippen molar-refractivity contribution in [3.63, 3.8) is 0 Å². The van der Waals surface area contributed by atoms with Crippen molar-refractivity contribution in [1.82, 2.24) is 0 Å². The lowest BCUT2D eigenvalue weighted by atomic mass is 10.1. The van der Waals surface area contributed by atoms with Gasteiger partial charge in [0.1, 0.15) is 0 Å². The summed E-state index contributed by atoms with van der Waals surface area (Å²) in [5, 5.41) is 0. The summed E-state index contributed by atoms with van der Waals surface area (Å²) in [6.07, 6.45) is 1.87. The molecule has 1 rings (SSSR count). The average molecular weight is 130 g/mol. The molecule has 0 atom stereocenters. The van der Waals surface area contributed by atoms with Crippen LogP contribution in [0, 0.1) is 6.92 Å². The standard InChI is InChI=1S/C10H10/c1-3-5-10-7-4-6-9(2)8-10/h4-8H,1H2,2H3. The highest BCUT2D eigenvalue weighted by Gasteiger charge is 1.84. The molecule has 0 radical (unpaired) electrons. The van der Waals surface area contributed by atoms with Crippen LogP contribution in [0.1, 0.15) is 11.1 Å². The van der Waals surface area contributed by atoms with Crippen LogP contribution in [-0.2, 0) is 0 Å². The van der Waals surface area contributed by atoms with E-state index in [-0.39, 0.29) is 0 Å². The average Bonchev–Trinajstić information content (AvgIpc) is 1.88. The summed E-state index contributed by atoms with van der Waals surface area (Å²) < 4.78 is 0. The van der Waals surface area contributed by atoms with E-state index in [9.17, 15) is 0 Å². The monoisotopic (exact) mass is 130 g/mol. The molecule has 0 N–H and O–H groups in total. The van der Waals surface area contributed by atoms with Crippen molar-refractivity contribution in [2.45, 2.75) is 6.92 Å². The summed E-state index contributed by atoms with van der Waals surface area (Å²) in [7, 11) is 0. The maximum atomic E-state index is 3.51. The van der Waals surface area contributed by atoms with Crippen molar-refractivity contribution in [2.24, 2.45) is 0 Å². The van der Waals surface area contributed by atoms with Crippen LogP contribution in [0.15, 0.2) is 36.6 Å². The highest BCUT2D eigenvalue weighted by molar-refractivity contribution is 5.49. The molecule has 50 valence electrons. The molecule has 10 heavy (non-hydrogen) atoms. The summed E-state index contributed by atoms with van der Waals surface area (Å²) in [5.41, 5.74) is 5.17. The summed E-state index contributed by atoms with van der Waals surface area (Å²) >= 11 is 0. The number of benzene rings is 1. The van der Waals surface area contributed by atoms with E-state index in [1.807, 2.05) is 18.2 Å². The number of rotatable bonds is 1. The van der Waals surface area contributed by atoms with Crippen LogP contribution in [0.4, 0.5) is 0 Å². The highest BCUT2D eigenvalue weighted by atomic mass is 13.9. The van der Waals surface area contributed by atoms with Gasteiger partial charge in [0.25, 0.3) is 0 Å². The zero-order chi connectivity index (χ0) is 7.40. The van der Waals surface area contributed by atoms with Crippen LogP contribution in [0.2, 0.25) is 0 Å². The fourth-order valence-electron chi connectivity index (χ4n) is 0.878. The molecule has 0 aromatic heterocycles. The smallest absolute Gasteiger partial charge is 0.0133 e. The van der Waals surface area contributed by atoms with E-state index in [0.717, 1.165) is 5.56 Å². The second-order valence-electron chi connectivity index (χ2n) is 2.26. The van der Waals surface area contributed by atoms with Crippen molar-refractivity contribution in [3.8, 4) is 0 Å². The molecule has 0 saturated heterocycles. The molecule has 0 fully saturated rings. The SMILES string of the molecule is C=C=Cc1cccc(C)c1. The van der Waals surface area contributed by atoms with Gasteiger partial charge in [0.05, 0.1) is 0 Å². The maximum Gasteiger partial charge on any atom is -0.0133 e. The van der Waals surface area contributed by atoms with E-state index < -0.39 is 0 Å². The molecule has 0 spiro atoms. The molecule has 0 heterocycles. The minimum atomic E-state index is 1.16. The van der Waals surface area contributed by atoms with Gasteiger partial charge >= 0.3 is 0 Å². The maximum absolute atomic E-state index is 3.51. The summed E-state index contributed by atoms with van der Waals surface area (Å²) in [5.74, 6) is 0. The molecule has 0 unspecified atom stereocenters. The Morgan fingerprint density at radius 1 is 1.50 bits per heavy atom. The van der Waals surface area contributed by atoms with Gasteiger partial charge in [-0.25, -0.2) is 0 Å². The number of aryl methyl sites for hydroxylation is 1. The Kier molecular flexibility index (Phi) is 2.09. The molecule has 0 aliphatic rings. The van der Waals surface area contributed by atoms with Crippen molar-refractivity contribution in [1.29, 1.82) is 0 Å². The first kappa shape index (κ1) is 6.85. The van der Waals surface area contributed by atoms with Crippen molar-refractivity contribution < 1.29 is 0 Å². The number of hydrogen-bond donors (Lipinski definition) is 0. The predicted octanol–water partition coefficient (Wildman–Crippen LogP) is 2.79. The van der Waals surface area contributed by atoms with Crippen LogP contribution in [0.25, 0.3) is 6.08 Å². The van der Waals surface area contributed by atoms with Crippen LogP contribution >= 0.6 is 0 Å². The summed E-state index contributed by atoms with van der Waals surface area (Å²) in [6.45, 7) is 5.57. The van der Waals surface area contributed by atoms with Gasteiger partial charge in [-0.3, -0.25) is 0 Å². The third-order valence-electron chi connectivity index (χ3n) is 1.31. The third-order valence-corrected chi connectivity index (χ3v) is 1.31.